The number of nitro benzene ring substituents is 1. The Balaban J connectivity index is 1.48. The number of anilines is 1. The van der Waals surface area contributed by atoms with Crippen LogP contribution in [-0.2, 0) is 0 Å². The first-order valence-electron chi connectivity index (χ1n) is 9.38. The fourth-order valence-electron chi connectivity index (χ4n) is 3.56. The van der Waals surface area contributed by atoms with Gasteiger partial charge in [0.25, 0.3) is 11.6 Å². The number of hydrogen-bond acceptors (Lipinski definition) is 6. The molecule has 2 aromatic rings. The van der Waals surface area contributed by atoms with Gasteiger partial charge < -0.3 is 10.2 Å². The third-order valence-corrected chi connectivity index (χ3v) is 5.01. The number of benzene rings is 1. The first kappa shape index (κ1) is 19.8. The Labute approximate surface area is 164 Å². The van der Waals surface area contributed by atoms with Crippen LogP contribution in [0.4, 0.5) is 11.5 Å². The fourth-order valence-corrected chi connectivity index (χ4v) is 3.56. The average Bonchev–Trinajstić information content (AvgIpc) is 2.68. The maximum absolute atomic E-state index is 12.5. The van der Waals surface area contributed by atoms with Crippen molar-refractivity contribution >= 4 is 17.4 Å². The summed E-state index contributed by atoms with van der Waals surface area (Å²) in [5.74, 6) is 0.816. The normalized spacial score (nSPS) is 14.7. The highest BCUT2D eigenvalue weighted by Gasteiger charge is 2.19. The number of aryl methyl sites for hydroxylation is 2. The molecule has 1 aliphatic heterocycles. The van der Waals surface area contributed by atoms with E-state index in [1.165, 1.54) is 12.1 Å². The lowest BCUT2D eigenvalue weighted by atomic mass is 10.0. The average molecular weight is 383 g/mol. The monoisotopic (exact) mass is 383 g/mol. The third-order valence-electron chi connectivity index (χ3n) is 5.01. The van der Waals surface area contributed by atoms with Gasteiger partial charge >= 0.3 is 0 Å². The van der Waals surface area contributed by atoms with Gasteiger partial charge in [-0.25, -0.2) is 4.98 Å². The largest absolute Gasteiger partial charge is 0.354 e. The Kier molecular flexibility index (Phi) is 6.20. The van der Waals surface area contributed by atoms with Crippen molar-refractivity contribution in [2.75, 3.05) is 44.2 Å². The van der Waals surface area contributed by atoms with Crippen molar-refractivity contribution in [3.63, 3.8) is 0 Å². The van der Waals surface area contributed by atoms with Crippen LogP contribution in [0.1, 0.15) is 21.5 Å². The molecule has 148 valence electrons. The van der Waals surface area contributed by atoms with Gasteiger partial charge in [-0.05, 0) is 37.1 Å². The molecule has 0 radical (unpaired) electrons. The maximum Gasteiger partial charge on any atom is 0.270 e. The van der Waals surface area contributed by atoms with E-state index in [4.69, 9.17) is 0 Å². The van der Waals surface area contributed by atoms with Crippen molar-refractivity contribution in [1.82, 2.24) is 15.2 Å². The summed E-state index contributed by atoms with van der Waals surface area (Å²) in [6, 6.07) is 8.81. The third kappa shape index (κ3) is 4.64. The molecule has 0 unspecified atom stereocenters. The van der Waals surface area contributed by atoms with Crippen molar-refractivity contribution in [2.45, 2.75) is 13.8 Å². The van der Waals surface area contributed by atoms with Gasteiger partial charge in [0.05, 0.1) is 4.92 Å². The number of rotatable bonds is 6. The quantitative estimate of drug-likeness (QED) is 0.607. The first-order valence-corrected chi connectivity index (χ1v) is 9.38. The van der Waals surface area contributed by atoms with Gasteiger partial charge in [0.2, 0.25) is 0 Å². The topological polar surface area (TPSA) is 91.6 Å². The lowest BCUT2D eigenvalue weighted by molar-refractivity contribution is -0.384. The molecule has 0 bridgehead atoms. The summed E-state index contributed by atoms with van der Waals surface area (Å²) in [4.78, 5) is 32.0. The highest BCUT2D eigenvalue weighted by Crippen LogP contribution is 2.21. The van der Waals surface area contributed by atoms with Crippen LogP contribution in [0.25, 0.3) is 0 Å². The van der Waals surface area contributed by atoms with Crippen molar-refractivity contribution in [2.24, 2.45) is 0 Å². The molecule has 1 amide bonds. The Bertz CT molecular complexity index is 825. The number of nitrogens with zero attached hydrogens (tertiary/aromatic N) is 4. The fraction of sp³-hybridized carbons (Fsp3) is 0.400. The number of nitro groups is 1. The maximum atomic E-state index is 12.5. The molecule has 0 spiro atoms. The summed E-state index contributed by atoms with van der Waals surface area (Å²) >= 11 is 0. The molecule has 1 fully saturated rings. The lowest BCUT2D eigenvalue weighted by Crippen LogP contribution is -2.48. The second kappa shape index (κ2) is 8.79. The second-order valence-corrected chi connectivity index (χ2v) is 6.98. The van der Waals surface area contributed by atoms with Crippen LogP contribution < -0.4 is 10.2 Å². The van der Waals surface area contributed by atoms with E-state index in [0.717, 1.165) is 38.5 Å². The van der Waals surface area contributed by atoms with Crippen molar-refractivity contribution in [3.8, 4) is 0 Å². The number of non-ortho nitro benzene ring substituents is 1. The molecule has 0 saturated carbocycles. The van der Waals surface area contributed by atoms with Gasteiger partial charge in [0.15, 0.2) is 0 Å². The van der Waals surface area contributed by atoms with E-state index in [2.05, 4.69) is 20.1 Å². The number of carbonyl (C=O) groups is 1. The van der Waals surface area contributed by atoms with E-state index in [1.807, 2.05) is 18.2 Å². The molecule has 2 heterocycles. The van der Waals surface area contributed by atoms with E-state index in [1.54, 1.807) is 20.0 Å². The number of hydrogen-bond donors (Lipinski definition) is 1. The van der Waals surface area contributed by atoms with Gasteiger partial charge in [-0.1, -0.05) is 6.07 Å². The molecule has 1 aromatic heterocycles. The molecule has 1 aromatic carbocycles. The standard InChI is InChI=1S/C20H25N5O3/c1-15-13-17(25(27)28)14-16(2)19(15)20(26)22-7-8-23-9-11-24(12-10-23)18-5-3-4-6-21-18/h3-6,13-14H,7-12H2,1-2H3,(H,22,26). The SMILES string of the molecule is Cc1cc([N+](=O)[O-])cc(C)c1C(=O)NCCN1CCN(c2ccccn2)CC1. The van der Waals surface area contributed by atoms with Crippen LogP contribution in [0.5, 0.6) is 0 Å². The number of nitrogens with one attached hydrogen (secondary N) is 1. The number of piperazine rings is 1. The highest BCUT2D eigenvalue weighted by molar-refractivity contribution is 5.97. The lowest BCUT2D eigenvalue weighted by Gasteiger charge is -2.35. The second-order valence-electron chi connectivity index (χ2n) is 6.98. The first-order chi connectivity index (χ1) is 13.5. The van der Waals surface area contributed by atoms with E-state index in [9.17, 15) is 14.9 Å². The van der Waals surface area contributed by atoms with Crippen LogP contribution in [-0.4, -0.2) is 60.0 Å². The zero-order valence-electron chi connectivity index (χ0n) is 16.2. The summed E-state index contributed by atoms with van der Waals surface area (Å²) < 4.78 is 0. The number of aromatic nitrogens is 1. The molecular weight excluding hydrogens is 358 g/mol. The van der Waals surface area contributed by atoms with Gasteiger partial charge in [-0.15, -0.1) is 0 Å². The Morgan fingerprint density at radius 2 is 1.86 bits per heavy atom. The molecule has 28 heavy (non-hydrogen) atoms. The van der Waals surface area contributed by atoms with Crippen molar-refractivity contribution in [1.29, 1.82) is 0 Å². The van der Waals surface area contributed by atoms with Crippen LogP contribution in [0, 0.1) is 24.0 Å². The van der Waals surface area contributed by atoms with Crippen LogP contribution in [0.2, 0.25) is 0 Å². The van der Waals surface area contributed by atoms with Crippen LogP contribution >= 0.6 is 0 Å². The summed E-state index contributed by atoms with van der Waals surface area (Å²) in [6.45, 7) is 8.42. The van der Waals surface area contributed by atoms with Gasteiger partial charge in [0.1, 0.15) is 5.82 Å². The van der Waals surface area contributed by atoms with Gasteiger partial charge in [-0.2, -0.15) is 0 Å². The summed E-state index contributed by atoms with van der Waals surface area (Å²) in [6.07, 6.45) is 1.80. The molecule has 0 aliphatic carbocycles. The van der Waals surface area contributed by atoms with Crippen molar-refractivity contribution in [3.05, 3.63) is 63.3 Å². The van der Waals surface area contributed by atoms with E-state index < -0.39 is 4.92 Å². The summed E-state index contributed by atoms with van der Waals surface area (Å²) in [5.41, 5.74) is 1.77. The molecule has 1 N–H and O–H groups in total. The minimum absolute atomic E-state index is 0.0114. The minimum atomic E-state index is -0.438. The predicted molar refractivity (Wildman–Crippen MR) is 108 cm³/mol. The van der Waals surface area contributed by atoms with Crippen LogP contribution in [0.15, 0.2) is 36.5 Å². The van der Waals surface area contributed by atoms with Gasteiger partial charge in [0, 0.05) is 63.2 Å². The van der Waals surface area contributed by atoms with Crippen molar-refractivity contribution < 1.29 is 9.72 Å². The van der Waals surface area contributed by atoms with E-state index in [-0.39, 0.29) is 11.6 Å². The van der Waals surface area contributed by atoms with Crippen LogP contribution in [0.3, 0.4) is 0 Å². The zero-order chi connectivity index (χ0) is 20.1. The number of pyridine rings is 1. The van der Waals surface area contributed by atoms with E-state index >= 15 is 0 Å². The minimum Gasteiger partial charge on any atom is -0.354 e. The molecular formula is C20H25N5O3. The molecule has 8 heteroatoms. The molecule has 1 aliphatic rings. The smallest absolute Gasteiger partial charge is 0.270 e. The Morgan fingerprint density at radius 3 is 2.43 bits per heavy atom. The highest BCUT2D eigenvalue weighted by atomic mass is 16.6. The zero-order valence-corrected chi connectivity index (χ0v) is 16.2. The van der Waals surface area contributed by atoms with Gasteiger partial charge in [-0.3, -0.25) is 19.8 Å². The molecule has 0 atom stereocenters. The molecule has 3 rings (SSSR count). The Morgan fingerprint density at radius 1 is 1.18 bits per heavy atom. The molecule has 8 nitrogen and oxygen atoms in total. The molecule has 1 saturated heterocycles. The summed E-state index contributed by atoms with van der Waals surface area (Å²) in [5, 5.41) is 13.9. The predicted octanol–water partition coefficient (Wildman–Crippen LogP) is 2.16. The number of amides is 1. The number of carbonyl (C=O) groups excluding carboxylic acids is 1. The summed E-state index contributed by atoms with van der Waals surface area (Å²) in [7, 11) is 0. The Hall–Kier alpha value is -3.00. The van der Waals surface area contributed by atoms with E-state index in [0.29, 0.717) is 23.2 Å².